The number of allylic oxidation sites excluding steroid dienone is 1. The molecular weight excluding hydrogens is 310 g/mol. The van der Waals surface area contributed by atoms with E-state index in [2.05, 4.69) is 25.2 Å². The number of carboxylic acid groups (broad SMARTS) is 1. The monoisotopic (exact) mass is 343 g/mol. The molecule has 1 amide bonds. The summed E-state index contributed by atoms with van der Waals surface area (Å²) in [4.78, 5) is 21.9. The first-order valence-electron chi connectivity index (χ1n) is 8.70. The van der Waals surface area contributed by atoms with Crippen molar-refractivity contribution in [1.82, 2.24) is 5.32 Å². The molecule has 0 aliphatic rings. The van der Waals surface area contributed by atoms with E-state index in [1.165, 1.54) is 57.4 Å². The summed E-state index contributed by atoms with van der Waals surface area (Å²) in [5.74, 6) is -0.0814. The Labute approximate surface area is 145 Å². The van der Waals surface area contributed by atoms with Gasteiger partial charge in [-0.3, -0.25) is 4.79 Å². The summed E-state index contributed by atoms with van der Waals surface area (Å²) in [5, 5.41) is 11.5. The molecule has 5 heteroatoms. The maximum atomic E-state index is 11.0. The van der Waals surface area contributed by atoms with E-state index in [0.29, 0.717) is 5.75 Å². The lowest BCUT2D eigenvalue weighted by Crippen LogP contribution is -2.41. The first-order chi connectivity index (χ1) is 11.0. The largest absolute Gasteiger partial charge is 0.480 e. The highest BCUT2D eigenvalue weighted by atomic mass is 32.2. The molecule has 0 heterocycles. The fourth-order valence-electron chi connectivity index (χ4n) is 2.27. The lowest BCUT2D eigenvalue weighted by molar-refractivity contribution is -0.140. The van der Waals surface area contributed by atoms with E-state index < -0.39 is 12.0 Å². The van der Waals surface area contributed by atoms with E-state index in [1.807, 2.05) is 0 Å². The van der Waals surface area contributed by atoms with Gasteiger partial charge in [-0.15, -0.1) is 0 Å². The zero-order valence-electron chi connectivity index (χ0n) is 14.9. The number of nitrogens with one attached hydrogen (secondary N) is 1. The quantitative estimate of drug-likeness (QED) is 0.362. The molecule has 0 unspecified atom stereocenters. The molecule has 0 saturated heterocycles. The zero-order valence-corrected chi connectivity index (χ0v) is 15.7. The smallest absolute Gasteiger partial charge is 0.327 e. The number of unbranched alkanes of at least 4 members (excludes halogenated alkanes) is 6. The van der Waals surface area contributed by atoms with Crippen LogP contribution in [0.2, 0.25) is 0 Å². The molecule has 0 rings (SSSR count). The summed E-state index contributed by atoms with van der Waals surface area (Å²) in [7, 11) is 0. The average molecular weight is 344 g/mol. The molecule has 2 N–H and O–H groups in total. The second-order valence-electron chi connectivity index (χ2n) is 6.05. The van der Waals surface area contributed by atoms with Crippen molar-refractivity contribution in [3.8, 4) is 0 Å². The number of hydrogen-bond donors (Lipinski definition) is 2. The van der Waals surface area contributed by atoms with Crippen LogP contribution in [-0.4, -0.2) is 34.5 Å². The molecule has 0 aromatic carbocycles. The van der Waals surface area contributed by atoms with Crippen molar-refractivity contribution in [2.45, 2.75) is 78.2 Å². The van der Waals surface area contributed by atoms with Crippen LogP contribution in [-0.2, 0) is 9.59 Å². The van der Waals surface area contributed by atoms with E-state index in [-0.39, 0.29) is 5.91 Å². The van der Waals surface area contributed by atoms with Crippen molar-refractivity contribution < 1.29 is 14.7 Å². The number of hydrogen-bond acceptors (Lipinski definition) is 3. The number of thioether (sulfide) groups is 1. The molecular formula is C18H33NO3S. The second kappa shape index (κ2) is 14.6. The highest BCUT2D eigenvalue weighted by molar-refractivity contribution is 7.99. The minimum absolute atomic E-state index is 0.302. The molecule has 134 valence electrons. The molecule has 0 bridgehead atoms. The van der Waals surface area contributed by atoms with Crippen molar-refractivity contribution >= 4 is 23.6 Å². The number of rotatable bonds is 14. The average Bonchev–Trinajstić information content (AvgIpc) is 2.48. The van der Waals surface area contributed by atoms with Gasteiger partial charge in [0.1, 0.15) is 6.04 Å². The molecule has 1 atom stereocenters. The Kier molecular flexibility index (Phi) is 14.0. The summed E-state index contributed by atoms with van der Waals surface area (Å²) < 4.78 is 0. The topological polar surface area (TPSA) is 66.4 Å². The molecule has 0 aliphatic carbocycles. The van der Waals surface area contributed by atoms with E-state index in [0.717, 1.165) is 12.2 Å². The van der Waals surface area contributed by atoms with Gasteiger partial charge in [0.2, 0.25) is 5.91 Å². The Morgan fingerprint density at radius 1 is 1.09 bits per heavy atom. The van der Waals surface area contributed by atoms with Crippen molar-refractivity contribution in [2.75, 3.05) is 11.5 Å². The van der Waals surface area contributed by atoms with Crippen LogP contribution in [0.3, 0.4) is 0 Å². The van der Waals surface area contributed by atoms with Gasteiger partial charge in [-0.25, -0.2) is 4.79 Å². The highest BCUT2D eigenvalue weighted by Crippen LogP contribution is 2.13. The number of carbonyl (C=O) groups is 2. The predicted molar refractivity (Wildman–Crippen MR) is 98.9 cm³/mol. The third-order valence-electron chi connectivity index (χ3n) is 3.68. The standard InChI is InChI=1S/C18H33NO3S/c1-4-5-6-7-8-9-10-11-15(2)12-13-23-14-17(18(21)22)19-16(3)20/h12,17H,4-11,13-14H2,1-3H3,(H,19,20)(H,21,22)/b15-12+/t17-/m0/s1. The third-order valence-corrected chi connectivity index (χ3v) is 4.66. The van der Waals surface area contributed by atoms with Crippen molar-refractivity contribution in [3.63, 3.8) is 0 Å². The first-order valence-corrected chi connectivity index (χ1v) is 9.86. The van der Waals surface area contributed by atoms with E-state index in [9.17, 15) is 9.59 Å². The summed E-state index contributed by atoms with van der Waals surface area (Å²) in [6.45, 7) is 5.72. The predicted octanol–water partition coefficient (Wildman–Crippen LogP) is 4.40. The van der Waals surface area contributed by atoms with Crippen LogP contribution in [0.25, 0.3) is 0 Å². The summed E-state index contributed by atoms with van der Waals surface area (Å²) >= 11 is 1.54. The minimum Gasteiger partial charge on any atom is -0.480 e. The summed E-state index contributed by atoms with van der Waals surface area (Å²) in [6, 6.07) is -0.797. The number of carbonyl (C=O) groups excluding carboxylic acids is 1. The van der Waals surface area contributed by atoms with E-state index in [4.69, 9.17) is 5.11 Å². The van der Waals surface area contributed by atoms with Crippen LogP contribution in [0.15, 0.2) is 11.6 Å². The zero-order chi connectivity index (χ0) is 17.5. The first kappa shape index (κ1) is 22.0. The Balaban J connectivity index is 3.72. The number of carboxylic acids is 1. The van der Waals surface area contributed by atoms with Crippen LogP contribution in [0, 0.1) is 0 Å². The van der Waals surface area contributed by atoms with Gasteiger partial charge in [0, 0.05) is 18.4 Å². The van der Waals surface area contributed by atoms with Crippen molar-refractivity contribution in [3.05, 3.63) is 11.6 Å². The Bertz CT molecular complexity index is 369. The van der Waals surface area contributed by atoms with Gasteiger partial charge in [-0.05, 0) is 19.8 Å². The third kappa shape index (κ3) is 14.4. The molecule has 0 aliphatic heterocycles. The Hall–Kier alpha value is -0.970. The van der Waals surface area contributed by atoms with Gasteiger partial charge in [0.25, 0.3) is 0 Å². The fourth-order valence-corrected chi connectivity index (χ4v) is 3.27. The molecule has 23 heavy (non-hydrogen) atoms. The molecule has 0 aromatic rings. The van der Waals surface area contributed by atoms with Gasteiger partial charge >= 0.3 is 5.97 Å². The Morgan fingerprint density at radius 2 is 1.70 bits per heavy atom. The lowest BCUT2D eigenvalue weighted by Gasteiger charge is -2.12. The molecule has 4 nitrogen and oxygen atoms in total. The van der Waals surface area contributed by atoms with Crippen LogP contribution in [0.5, 0.6) is 0 Å². The van der Waals surface area contributed by atoms with E-state index in [1.54, 1.807) is 11.8 Å². The second-order valence-corrected chi connectivity index (χ2v) is 7.13. The van der Waals surface area contributed by atoms with Crippen LogP contribution >= 0.6 is 11.8 Å². The molecule has 0 radical (unpaired) electrons. The van der Waals surface area contributed by atoms with Crippen LogP contribution in [0.1, 0.15) is 72.1 Å². The van der Waals surface area contributed by atoms with Gasteiger partial charge in [-0.2, -0.15) is 11.8 Å². The van der Waals surface area contributed by atoms with Crippen LogP contribution in [0.4, 0.5) is 0 Å². The molecule has 0 fully saturated rings. The maximum absolute atomic E-state index is 11.0. The van der Waals surface area contributed by atoms with Gasteiger partial charge in [0.15, 0.2) is 0 Å². The normalized spacial score (nSPS) is 12.9. The van der Waals surface area contributed by atoms with Crippen molar-refractivity contribution in [2.24, 2.45) is 0 Å². The van der Waals surface area contributed by atoms with Crippen molar-refractivity contribution in [1.29, 1.82) is 0 Å². The van der Waals surface area contributed by atoms with Gasteiger partial charge in [-0.1, -0.05) is 57.1 Å². The minimum atomic E-state index is -0.975. The van der Waals surface area contributed by atoms with Gasteiger partial charge in [0.05, 0.1) is 0 Å². The summed E-state index contributed by atoms with van der Waals surface area (Å²) in [6.07, 6.45) is 12.5. The Morgan fingerprint density at radius 3 is 2.26 bits per heavy atom. The van der Waals surface area contributed by atoms with E-state index >= 15 is 0 Å². The fraction of sp³-hybridized carbons (Fsp3) is 0.778. The molecule has 0 aromatic heterocycles. The number of aliphatic carboxylic acids is 1. The molecule has 0 saturated carbocycles. The maximum Gasteiger partial charge on any atom is 0.327 e. The highest BCUT2D eigenvalue weighted by Gasteiger charge is 2.17. The van der Waals surface area contributed by atoms with Gasteiger partial charge < -0.3 is 10.4 Å². The number of amides is 1. The molecule has 0 spiro atoms. The lowest BCUT2D eigenvalue weighted by atomic mass is 10.1. The SMILES string of the molecule is CCCCCCCCC/C(C)=C/CSC[C@H](NC(C)=O)C(=O)O. The van der Waals surface area contributed by atoms with Crippen LogP contribution < -0.4 is 5.32 Å². The summed E-state index contributed by atoms with van der Waals surface area (Å²) in [5.41, 5.74) is 1.37.